The molecule has 7 heteroatoms. The molecule has 0 heterocycles. The summed E-state index contributed by atoms with van der Waals surface area (Å²) in [6.07, 6.45) is -4.73. The van der Waals surface area contributed by atoms with Crippen LogP contribution in [0.15, 0.2) is 103 Å². The molecule has 2 atom stereocenters. The van der Waals surface area contributed by atoms with Crippen LogP contribution in [0.4, 0.5) is 0 Å². The van der Waals surface area contributed by atoms with Crippen LogP contribution in [-0.2, 0) is 14.3 Å². The number of benzene rings is 4. The van der Waals surface area contributed by atoms with E-state index in [1.165, 1.54) is 0 Å². The second-order valence-corrected chi connectivity index (χ2v) is 7.99. The van der Waals surface area contributed by atoms with E-state index in [4.69, 9.17) is 9.84 Å². The number of rotatable bonds is 8. The number of carbonyl (C=O) groups excluding carboxylic acids is 1. The van der Waals surface area contributed by atoms with Gasteiger partial charge in [0.05, 0.1) is 5.56 Å². The molecule has 0 aliphatic heterocycles. The minimum atomic E-state index is -2.43. The number of carboxylic acid groups (broad SMARTS) is 2. The van der Waals surface area contributed by atoms with Gasteiger partial charge in [-0.25, -0.2) is 14.4 Å². The number of aliphatic hydroxyl groups excluding tert-OH is 1. The summed E-state index contributed by atoms with van der Waals surface area (Å²) in [6, 6.07) is 31.2. The third-order valence-corrected chi connectivity index (χ3v) is 5.64. The van der Waals surface area contributed by atoms with Gasteiger partial charge < -0.3 is 20.1 Å². The molecule has 4 aromatic carbocycles. The van der Waals surface area contributed by atoms with E-state index in [1.54, 1.807) is 60.7 Å². The molecule has 0 aromatic heterocycles. The molecule has 0 spiro atoms. The van der Waals surface area contributed by atoms with Crippen LogP contribution in [0, 0.1) is 0 Å². The Morgan fingerprint density at radius 3 is 1.39 bits per heavy atom. The molecule has 0 unspecified atom stereocenters. The third kappa shape index (κ3) is 5.16. The van der Waals surface area contributed by atoms with E-state index in [0.717, 1.165) is 11.1 Å². The minimum Gasteiger partial charge on any atom is -0.479 e. The van der Waals surface area contributed by atoms with Crippen molar-refractivity contribution < 1.29 is 34.4 Å². The van der Waals surface area contributed by atoms with Gasteiger partial charge in [0.15, 0.2) is 6.10 Å². The lowest BCUT2D eigenvalue weighted by atomic mass is 9.88. The summed E-state index contributed by atoms with van der Waals surface area (Å²) in [5, 5.41) is 28.4. The summed E-state index contributed by atoms with van der Waals surface area (Å²) in [5.74, 6) is -4.66. The van der Waals surface area contributed by atoms with E-state index in [9.17, 15) is 24.6 Å². The molecule has 4 rings (SSSR count). The molecule has 0 bridgehead atoms. The predicted octanol–water partition coefficient (Wildman–Crippen LogP) is 4.74. The monoisotopic (exact) mass is 482 g/mol. The van der Waals surface area contributed by atoms with E-state index in [1.807, 2.05) is 42.5 Å². The van der Waals surface area contributed by atoms with Crippen molar-refractivity contribution in [2.75, 3.05) is 0 Å². The number of aliphatic carboxylic acids is 2. The lowest BCUT2D eigenvalue weighted by Gasteiger charge is -2.21. The molecule has 36 heavy (non-hydrogen) atoms. The molecule has 0 saturated carbocycles. The first-order valence-electron chi connectivity index (χ1n) is 11.1. The van der Waals surface area contributed by atoms with Gasteiger partial charge in [-0.05, 0) is 45.5 Å². The van der Waals surface area contributed by atoms with Crippen molar-refractivity contribution in [2.24, 2.45) is 0 Å². The normalized spacial score (nSPS) is 12.4. The van der Waals surface area contributed by atoms with E-state index < -0.39 is 30.1 Å². The first-order chi connectivity index (χ1) is 17.4. The van der Waals surface area contributed by atoms with Crippen molar-refractivity contribution in [1.29, 1.82) is 0 Å². The quantitative estimate of drug-likeness (QED) is 0.310. The molecule has 0 aliphatic rings. The average Bonchev–Trinajstić information content (AvgIpc) is 2.91. The second-order valence-electron chi connectivity index (χ2n) is 7.99. The maximum atomic E-state index is 13.5. The number of carboxylic acids is 2. The Labute approximate surface area is 206 Å². The SMILES string of the molecule is O=C(O[C@@H](C(=O)O)[C@@H](O)C(=O)O)c1c(-c2ccccc2)cc(-c2ccccc2)cc1-c1ccccc1. The van der Waals surface area contributed by atoms with Crippen LogP contribution in [0.25, 0.3) is 33.4 Å². The molecule has 7 nitrogen and oxygen atoms in total. The summed E-state index contributed by atoms with van der Waals surface area (Å²) < 4.78 is 5.12. The lowest BCUT2D eigenvalue weighted by Crippen LogP contribution is -2.43. The highest BCUT2D eigenvalue weighted by Crippen LogP contribution is 2.38. The smallest absolute Gasteiger partial charge is 0.348 e. The maximum Gasteiger partial charge on any atom is 0.348 e. The van der Waals surface area contributed by atoms with Crippen molar-refractivity contribution >= 4 is 17.9 Å². The summed E-state index contributed by atoms with van der Waals surface area (Å²) in [5.41, 5.74) is 4.04. The fourth-order valence-electron chi connectivity index (χ4n) is 3.90. The zero-order chi connectivity index (χ0) is 25.7. The summed E-state index contributed by atoms with van der Waals surface area (Å²) in [6.45, 7) is 0. The predicted molar refractivity (Wildman–Crippen MR) is 133 cm³/mol. The van der Waals surface area contributed by atoms with E-state index >= 15 is 0 Å². The Morgan fingerprint density at radius 2 is 1.00 bits per heavy atom. The van der Waals surface area contributed by atoms with Gasteiger partial charge in [0.25, 0.3) is 0 Å². The van der Waals surface area contributed by atoms with E-state index in [2.05, 4.69) is 0 Å². The van der Waals surface area contributed by atoms with Gasteiger partial charge in [-0.3, -0.25) is 0 Å². The largest absolute Gasteiger partial charge is 0.479 e. The van der Waals surface area contributed by atoms with Crippen molar-refractivity contribution in [3.8, 4) is 33.4 Å². The Kier molecular flexibility index (Phi) is 7.23. The third-order valence-electron chi connectivity index (χ3n) is 5.64. The van der Waals surface area contributed by atoms with Crippen LogP contribution >= 0.6 is 0 Å². The Morgan fingerprint density at radius 1 is 0.583 bits per heavy atom. The van der Waals surface area contributed by atoms with Gasteiger partial charge >= 0.3 is 17.9 Å². The molecule has 0 saturated heterocycles. The van der Waals surface area contributed by atoms with Gasteiger partial charge in [0.2, 0.25) is 6.10 Å². The highest BCUT2D eigenvalue weighted by molar-refractivity contribution is 6.06. The molecular weight excluding hydrogens is 460 g/mol. The van der Waals surface area contributed by atoms with Crippen molar-refractivity contribution in [3.63, 3.8) is 0 Å². The Balaban J connectivity index is 1.97. The number of hydrogen-bond donors (Lipinski definition) is 3. The average molecular weight is 482 g/mol. The van der Waals surface area contributed by atoms with Crippen molar-refractivity contribution in [1.82, 2.24) is 0 Å². The number of carbonyl (C=O) groups is 3. The van der Waals surface area contributed by atoms with Gasteiger partial charge in [-0.2, -0.15) is 0 Å². The van der Waals surface area contributed by atoms with E-state index in [0.29, 0.717) is 22.3 Å². The maximum absolute atomic E-state index is 13.5. The highest BCUT2D eigenvalue weighted by Gasteiger charge is 2.37. The lowest BCUT2D eigenvalue weighted by molar-refractivity contribution is -0.166. The molecule has 0 amide bonds. The molecular formula is C29H22O7. The summed E-state index contributed by atoms with van der Waals surface area (Å²) in [7, 11) is 0. The van der Waals surface area contributed by atoms with Gasteiger partial charge in [-0.1, -0.05) is 91.0 Å². The fourth-order valence-corrected chi connectivity index (χ4v) is 3.90. The van der Waals surface area contributed by atoms with Crippen molar-refractivity contribution in [2.45, 2.75) is 12.2 Å². The number of aliphatic hydroxyl groups is 1. The first-order valence-corrected chi connectivity index (χ1v) is 11.1. The van der Waals surface area contributed by atoms with Gasteiger partial charge in [0, 0.05) is 0 Å². The van der Waals surface area contributed by atoms with Crippen LogP contribution < -0.4 is 0 Å². The first kappa shape index (κ1) is 24.4. The zero-order valence-corrected chi connectivity index (χ0v) is 18.9. The second kappa shape index (κ2) is 10.7. The Hall–Kier alpha value is -4.75. The zero-order valence-electron chi connectivity index (χ0n) is 18.9. The van der Waals surface area contributed by atoms with E-state index in [-0.39, 0.29) is 5.56 Å². The standard InChI is InChI=1S/C29H22O7/c30-25(27(31)32)26(28(33)34)36-29(35)24-22(19-12-6-2-7-13-19)16-21(18-10-4-1-5-11-18)17-23(24)20-14-8-3-9-15-20/h1-17,25-26,30H,(H,31,32)(H,33,34)/t25-,26-/m1/s1. The number of hydrogen-bond acceptors (Lipinski definition) is 5. The molecule has 0 aliphatic carbocycles. The van der Waals surface area contributed by atoms with Gasteiger partial charge in [-0.15, -0.1) is 0 Å². The van der Waals surface area contributed by atoms with Crippen LogP contribution in [0.3, 0.4) is 0 Å². The fraction of sp³-hybridized carbons (Fsp3) is 0.0690. The van der Waals surface area contributed by atoms with Gasteiger partial charge in [0.1, 0.15) is 0 Å². The molecule has 4 aromatic rings. The van der Waals surface area contributed by atoms with Crippen LogP contribution in [-0.4, -0.2) is 45.4 Å². The molecule has 0 fully saturated rings. The van der Waals surface area contributed by atoms with Crippen LogP contribution in [0.2, 0.25) is 0 Å². The Bertz CT molecular complexity index is 1320. The minimum absolute atomic E-state index is 0.0518. The topological polar surface area (TPSA) is 121 Å². The molecule has 0 radical (unpaired) electrons. The summed E-state index contributed by atoms with van der Waals surface area (Å²) in [4.78, 5) is 36.4. The van der Waals surface area contributed by atoms with Crippen LogP contribution in [0.5, 0.6) is 0 Å². The molecule has 180 valence electrons. The van der Waals surface area contributed by atoms with Crippen LogP contribution in [0.1, 0.15) is 10.4 Å². The highest BCUT2D eigenvalue weighted by atomic mass is 16.6. The number of ether oxygens (including phenoxy) is 1. The number of esters is 1. The van der Waals surface area contributed by atoms with Crippen molar-refractivity contribution in [3.05, 3.63) is 109 Å². The summed E-state index contributed by atoms with van der Waals surface area (Å²) >= 11 is 0. The molecule has 3 N–H and O–H groups in total.